The number of aryl methyl sites for hydroxylation is 1. The van der Waals surface area contributed by atoms with Gasteiger partial charge in [0.25, 0.3) is 0 Å². The first-order chi connectivity index (χ1) is 12.7. The van der Waals surface area contributed by atoms with E-state index in [1.165, 1.54) is 6.07 Å². The van der Waals surface area contributed by atoms with Crippen LogP contribution in [0.3, 0.4) is 0 Å². The minimum Gasteiger partial charge on any atom is -0.504 e. The van der Waals surface area contributed by atoms with Crippen LogP contribution >= 0.6 is 0 Å². The third-order valence-electron chi connectivity index (χ3n) is 3.94. The van der Waals surface area contributed by atoms with Crippen LogP contribution in [0.25, 0.3) is 0 Å². The molecule has 0 radical (unpaired) electrons. The molecule has 0 fully saturated rings. The number of nitrogens with one attached hydrogen (secondary N) is 1. The Morgan fingerprint density at radius 3 is 2.21 bits per heavy atom. The summed E-state index contributed by atoms with van der Waals surface area (Å²) in [5, 5.41) is 32.0. The number of β-amino-alcohol motifs (C(OH)–C–C–N with tert-alkyl or cyclic N) is 1. The quantitative estimate of drug-likeness (QED) is 0.387. The van der Waals surface area contributed by atoms with Crippen LogP contribution in [0.15, 0.2) is 12.1 Å². The van der Waals surface area contributed by atoms with Crippen molar-refractivity contribution in [3.8, 4) is 11.5 Å². The summed E-state index contributed by atoms with van der Waals surface area (Å²) >= 11 is 0. The molecule has 28 heavy (non-hydrogen) atoms. The number of phenols is 2. The van der Waals surface area contributed by atoms with Crippen molar-refractivity contribution in [3.05, 3.63) is 23.3 Å². The molecule has 4 N–H and O–H groups in total. The van der Waals surface area contributed by atoms with Gasteiger partial charge in [0.2, 0.25) is 0 Å². The molecule has 0 aromatic heterocycles. The van der Waals surface area contributed by atoms with Crippen molar-refractivity contribution >= 4 is 11.9 Å². The number of aliphatic hydroxyl groups is 1. The molecule has 158 valence electrons. The Labute approximate surface area is 165 Å². The average Bonchev–Trinajstić information content (AvgIpc) is 2.58. The fourth-order valence-corrected chi connectivity index (χ4v) is 2.12. The molecule has 0 saturated heterocycles. The third-order valence-corrected chi connectivity index (χ3v) is 3.94. The molecule has 1 aromatic carbocycles. The van der Waals surface area contributed by atoms with Crippen molar-refractivity contribution in [3.63, 3.8) is 0 Å². The van der Waals surface area contributed by atoms with Gasteiger partial charge in [-0.3, -0.25) is 4.79 Å². The topological polar surface area (TPSA) is 125 Å². The van der Waals surface area contributed by atoms with Gasteiger partial charge in [-0.05, 0) is 59.2 Å². The van der Waals surface area contributed by atoms with E-state index in [-0.39, 0.29) is 37.0 Å². The zero-order valence-corrected chi connectivity index (χ0v) is 17.3. The zero-order valence-electron chi connectivity index (χ0n) is 17.3. The highest BCUT2D eigenvalue weighted by Gasteiger charge is 2.27. The summed E-state index contributed by atoms with van der Waals surface area (Å²) in [6.45, 7) is 10.5. The summed E-state index contributed by atoms with van der Waals surface area (Å²) in [6.07, 6.45) is -0.979. The van der Waals surface area contributed by atoms with Crippen LogP contribution in [0.5, 0.6) is 11.5 Å². The van der Waals surface area contributed by atoms with Crippen LogP contribution in [0.2, 0.25) is 0 Å². The Morgan fingerprint density at radius 1 is 1.07 bits per heavy atom. The minimum absolute atomic E-state index is 0.102. The van der Waals surface area contributed by atoms with Crippen molar-refractivity contribution < 1.29 is 34.4 Å². The van der Waals surface area contributed by atoms with E-state index >= 15 is 0 Å². The number of ether oxygens (including phenoxy) is 2. The Bertz CT molecular complexity index is 707. The van der Waals surface area contributed by atoms with Gasteiger partial charge >= 0.3 is 11.9 Å². The molecule has 0 heterocycles. The molecular weight excluding hydrogens is 366 g/mol. The van der Waals surface area contributed by atoms with E-state index in [4.69, 9.17) is 9.47 Å². The van der Waals surface area contributed by atoms with Gasteiger partial charge in [-0.25, -0.2) is 4.79 Å². The van der Waals surface area contributed by atoms with Crippen LogP contribution < -0.4 is 5.32 Å². The van der Waals surface area contributed by atoms with Crippen LogP contribution in [-0.4, -0.2) is 58.7 Å². The number of hydrogen-bond donors (Lipinski definition) is 4. The standard InChI is InChI=1S/C20H31NO7/c1-12-7-15(23)16(24)8-14(12)17(25)27-10-13(22)9-21-20(5,6)11-28-18(26)19(2,3)4/h7-8,13,21-24H,9-11H2,1-6H3/t13-/m0/s1. The van der Waals surface area contributed by atoms with Gasteiger partial charge in [0.15, 0.2) is 11.5 Å². The maximum absolute atomic E-state index is 12.1. The van der Waals surface area contributed by atoms with Crippen molar-refractivity contribution in [2.45, 2.75) is 53.2 Å². The largest absolute Gasteiger partial charge is 0.504 e. The van der Waals surface area contributed by atoms with Crippen molar-refractivity contribution in [2.75, 3.05) is 19.8 Å². The van der Waals surface area contributed by atoms with Crippen molar-refractivity contribution in [2.24, 2.45) is 5.41 Å². The smallest absolute Gasteiger partial charge is 0.338 e. The van der Waals surface area contributed by atoms with E-state index in [9.17, 15) is 24.9 Å². The average molecular weight is 397 g/mol. The second kappa shape index (κ2) is 9.25. The lowest BCUT2D eigenvalue weighted by molar-refractivity contribution is -0.154. The molecular formula is C20H31NO7. The van der Waals surface area contributed by atoms with Crippen LogP contribution in [0.4, 0.5) is 0 Å². The Kier molecular flexibility index (Phi) is 7.84. The summed E-state index contributed by atoms with van der Waals surface area (Å²) in [5.41, 5.74) is -0.630. The fraction of sp³-hybridized carbons (Fsp3) is 0.600. The monoisotopic (exact) mass is 397 g/mol. The van der Waals surface area contributed by atoms with E-state index < -0.39 is 28.8 Å². The summed E-state index contributed by atoms with van der Waals surface area (Å²) in [4.78, 5) is 23.9. The van der Waals surface area contributed by atoms with Gasteiger partial charge in [0, 0.05) is 12.1 Å². The van der Waals surface area contributed by atoms with Gasteiger partial charge in [-0.2, -0.15) is 0 Å². The number of phenolic OH excluding ortho intramolecular Hbond substituents is 2. The lowest BCUT2D eigenvalue weighted by Gasteiger charge is -2.28. The summed E-state index contributed by atoms with van der Waals surface area (Å²) < 4.78 is 10.3. The molecule has 0 aliphatic heterocycles. The fourth-order valence-electron chi connectivity index (χ4n) is 2.12. The maximum atomic E-state index is 12.1. The minimum atomic E-state index is -0.979. The highest BCUT2D eigenvalue weighted by molar-refractivity contribution is 5.92. The van der Waals surface area contributed by atoms with Crippen molar-refractivity contribution in [1.29, 1.82) is 0 Å². The van der Waals surface area contributed by atoms with E-state index in [1.54, 1.807) is 27.7 Å². The Balaban J connectivity index is 2.48. The predicted octanol–water partition coefficient (Wildman–Crippen LogP) is 1.88. The maximum Gasteiger partial charge on any atom is 0.338 e. The van der Waals surface area contributed by atoms with Gasteiger partial charge < -0.3 is 30.1 Å². The molecule has 0 bridgehead atoms. The number of carbonyl (C=O) groups excluding carboxylic acids is 2. The van der Waals surface area contributed by atoms with Gasteiger partial charge in [0.05, 0.1) is 11.0 Å². The van der Waals surface area contributed by atoms with E-state index in [1.807, 2.05) is 13.8 Å². The Morgan fingerprint density at radius 2 is 1.64 bits per heavy atom. The molecule has 0 spiro atoms. The van der Waals surface area contributed by atoms with Crippen LogP contribution in [0, 0.1) is 12.3 Å². The molecule has 1 rings (SSSR count). The molecule has 0 amide bonds. The molecule has 8 heteroatoms. The number of hydrogen-bond acceptors (Lipinski definition) is 8. The third kappa shape index (κ3) is 7.36. The summed E-state index contributed by atoms with van der Waals surface area (Å²) in [6, 6.07) is 2.37. The van der Waals surface area contributed by atoms with E-state index in [0.717, 1.165) is 6.07 Å². The highest BCUT2D eigenvalue weighted by Crippen LogP contribution is 2.28. The number of rotatable bonds is 8. The predicted molar refractivity (Wildman–Crippen MR) is 103 cm³/mol. The molecule has 1 aromatic rings. The second-order valence-electron chi connectivity index (χ2n) is 8.50. The number of benzene rings is 1. The second-order valence-corrected chi connectivity index (χ2v) is 8.50. The first-order valence-corrected chi connectivity index (χ1v) is 9.03. The molecule has 8 nitrogen and oxygen atoms in total. The molecule has 0 unspecified atom stereocenters. The van der Waals surface area contributed by atoms with Crippen LogP contribution in [-0.2, 0) is 14.3 Å². The number of aromatic hydroxyl groups is 2. The lowest BCUT2D eigenvalue weighted by Crippen LogP contribution is -2.48. The molecule has 0 aliphatic rings. The lowest BCUT2D eigenvalue weighted by atomic mass is 9.97. The van der Waals surface area contributed by atoms with Gasteiger partial charge in [-0.1, -0.05) is 0 Å². The Hall–Kier alpha value is -2.32. The SMILES string of the molecule is Cc1cc(O)c(O)cc1C(=O)OC[C@@H](O)CNC(C)(C)COC(=O)C(C)(C)C. The number of aliphatic hydroxyl groups excluding tert-OH is 1. The summed E-state index contributed by atoms with van der Waals surface area (Å²) in [7, 11) is 0. The van der Waals surface area contributed by atoms with Crippen molar-refractivity contribution in [1.82, 2.24) is 5.32 Å². The van der Waals surface area contributed by atoms with Crippen LogP contribution in [0.1, 0.15) is 50.5 Å². The van der Waals surface area contributed by atoms with E-state index in [2.05, 4.69) is 5.32 Å². The first kappa shape index (κ1) is 23.7. The zero-order chi connectivity index (χ0) is 21.7. The molecule has 0 aliphatic carbocycles. The summed E-state index contributed by atoms with van der Waals surface area (Å²) in [5.74, 6) is -1.78. The highest BCUT2D eigenvalue weighted by atomic mass is 16.5. The number of esters is 2. The molecule has 1 atom stereocenters. The van der Waals surface area contributed by atoms with Gasteiger partial charge in [0.1, 0.15) is 19.3 Å². The van der Waals surface area contributed by atoms with Gasteiger partial charge in [-0.15, -0.1) is 0 Å². The normalized spacial score (nSPS) is 13.1. The number of carbonyl (C=O) groups is 2. The van der Waals surface area contributed by atoms with E-state index in [0.29, 0.717) is 5.56 Å². The molecule has 0 saturated carbocycles. The first-order valence-electron chi connectivity index (χ1n) is 9.03.